The lowest BCUT2D eigenvalue weighted by molar-refractivity contribution is 0.0691. The zero-order chi connectivity index (χ0) is 12.1. The lowest BCUT2D eigenvalue weighted by atomic mass is 10.1. The fourth-order valence-corrected chi connectivity index (χ4v) is 2.67. The lowest BCUT2D eigenvalue weighted by Gasteiger charge is -2.26. The van der Waals surface area contributed by atoms with Crippen molar-refractivity contribution in [2.24, 2.45) is 0 Å². The topological polar surface area (TPSA) is 65.5 Å². The summed E-state index contributed by atoms with van der Waals surface area (Å²) in [6.07, 6.45) is 3.93. The van der Waals surface area contributed by atoms with Gasteiger partial charge in [0.05, 0.1) is 0 Å². The fraction of sp³-hybridized carbons (Fsp3) is 0.636. The molecule has 0 aliphatic carbocycles. The van der Waals surface area contributed by atoms with Crippen molar-refractivity contribution in [3.05, 3.63) is 11.1 Å². The van der Waals surface area contributed by atoms with Crippen LogP contribution in [0.1, 0.15) is 29.8 Å². The van der Waals surface area contributed by atoms with Gasteiger partial charge in [-0.1, -0.05) is 6.42 Å². The number of rotatable bonds is 5. The smallest absolute Gasteiger partial charge is 0.355 e. The van der Waals surface area contributed by atoms with Gasteiger partial charge in [0.2, 0.25) is 0 Å². The van der Waals surface area contributed by atoms with Crippen LogP contribution in [0.15, 0.2) is 5.38 Å². The fourth-order valence-electron chi connectivity index (χ4n) is 1.96. The summed E-state index contributed by atoms with van der Waals surface area (Å²) in [5.74, 6) is -0.967. The van der Waals surface area contributed by atoms with Crippen LogP contribution in [0.2, 0.25) is 0 Å². The predicted molar refractivity (Wildman–Crippen MR) is 67.9 cm³/mol. The van der Waals surface area contributed by atoms with E-state index in [1.807, 2.05) is 0 Å². The number of nitrogens with one attached hydrogen (secondary N) is 1. The Morgan fingerprint density at radius 3 is 2.88 bits per heavy atom. The minimum Gasteiger partial charge on any atom is -0.476 e. The van der Waals surface area contributed by atoms with Crippen molar-refractivity contribution in [2.75, 3.05) is 31.5 Å². The van der Waals surface area contributed by atoms with Crippen LogP contribution in [-0.4, -0.2) is 47.1 Å². The number of aromatic carboxylic acids is 1. The van der Waals surface area contributed by atoms with Crippen molar-refractivity contribution in [3.63, 3.8) is 0 Å². The van der Waals surface area contributed by atoms with Gasteiger partial charge in [0, 0.05) is 18.5 Å². The molecule has 0 atom stereocenters. The molecule has 1 aliphatic rings. The van der Waals surface area contributed by atoms with E-state index in [1.165, 1.54) is 43.7 Å². The number of likely N-dealkylation sites (tertiary alicyclic amines) is 1. The number of carbonyl (C=O) groups is 1. The number of anilines is 1. The van der Waals surface area contributed by atoms with E-state index in [0.29, 0.717) is 5.13 Å². The van der Waals surface area contributed by atoms with Crippen LogP contribution in [0.25, 0.3) is 0 Å². The molecule has 0 aromatic carbocycles. The van der Waals surface area contributed by atoms with E-state index in [-0.39, 0.29) is 5.69 Å². The maximum atomic E-state index is 10.6. The van der Waals surface area contributed by atoms with Gasteiger partial charge in [0.1, 0.15) is 0 Å². The van der Waals surface area contributed by atoms with E-state index in [1.54, 1.807) is 5.38 Å². The molecule has 0 unspecified atom stereocenters. The first-order valence-corrected chi connectivity index (χ1v) is 6.79. The average molecular weight is 255 g/mol. The van der Waals surface area contributed by atoms with Gasteiger partial charge in [-0.2, -0.15) is 0 Å². The number of hydrogen-bond donors (Lipinski definition) is 2. The molecule has 1 aromatic heterocycles. The highest BCUT2D eigenvalue weighted by molar-refractivity contribution is 7.13. The third kappa shape index (κ3) is 3.67. The van der Waals surface area contributed by atoms with E-state index < -0.39 is 5.97 Å². The second-order valence-corrected chi connectivity index (χ2v) is 5.03. The number of nitrogens with zero attached hydrogens (tertiary/aromatic N) is 2. The van der Waals surface area contributed by atoms with Gasteiger partial charge < -0.3 is 15.3 Å². The Bertz CT molecular complexity index is 375. The molecule has 1 saturated heterocycles. The van der Waals surface area contributed by atoms with Crippen LogP contribution in [0.5, 0.6) is 0 Å². The van der Waals surface area contributed by atoms with Gasteiger partial charge in [-0.3, -0.25) is 0 Å². The molecule has 0 spiro atoms. The van der Waals surface area contributed by atoms with Crippen molar-refractivity contribution >= 4 is 22.4 Å². The molecule has 1 aromatic rings. The molecule has 0 radical (unpaired) electrons. The van der Waals surface area contributed by atoms with Gasteiger partial charge in [-0.25, -0.2) is 9.78 Å². The molecule has 0 bridgehead atoms. The van der Waals surface area contributed by atoms with Crippen molar-refractivity contribution in [3.8, 4) is 0 Å². The average Bonchev–Trinajstić information content (AvgIpc) is 2.79. The highest BCUT2D eigenvalue weighted by atomic mass is 32.1. The van der Waals surface area contributed by atoms with Crippen LogP contribution in [0.4, 0.5) is 5.13 Å². The van der Waals surface area contributed by atoms with Gasteiger partial charge in [-0.05, 0) is 25.9 Å². The van der Waals surface area contributed by atoms with Crippen molar-refractivity contribution in [1.82, 2.24) is 9.88 Å². The maximum absolute atomic E-state index is 10.6. The van der Waals surface area contributed by atoms with E-state index in [4.69, 9.17) is 5.11 Å². The largest absolute Gasteiger partial charge is 0.476 e. The molecular weight excluding hydrogens is 238 g/mol. The first kappa shape index (κ1) is 12.3. The summed E-state index contributed by atoms with van der Waals surface area (Å²) < 4.78 is 0. The zero-order valence-electron chi connectivity index (χ0n) is 9.69. The van der Waals surface area contributed by atoms with Gasteiger partial charge in [-0.15, -0.1) is 11.3 Å². The Morgan fingerprint density at radius 2 is 2.24 bits per heavy atom. The van der Waals surface area contributed by atoms with Crippen molar-refractivity contribution in [2.45, 2.75) is 19.3 Å². The van der Waals surface area contributed by atoms with E-state index in [9.17, 15) is 4.79 Å². The van der Waals surface area contributed by atoms with E-state index in [2.05, 4.69) is 15.2 Å². The summed E-state index contributed by atoms with van der Waals surface area (Å²) in [5, 5.41) is 14.2. The second kappa shape index (κ2) is 5.97. The highest BCUT2D eigenvalue weighted by Gasteiger charge is 2.10. The molecule has 5 nitrogen and oxygen atoms in total. The number of hydrogen-bond acceptors (Lipinski definition) is 5. The molecule has 0 saturated carbocycles. The minimum atomic E-state index is -0.967. The Morgan fingerprint density at radius 1 is 1.47 bits per heavy atom. The SMILES string of the molecule is O=C(O)c1csc(NCCN2CCCCC2)n1. The monoisotopic (exact) mass is 255 g/mol. The third-order valence-electron chi connectivity index (χ3n) is 2.88. The predicted octanol–water partition coefficient (Wildman–Crippen LogP) is 1.74. The van der Waals surface area contributed by atoms with Gasteiger partial charge >= 0.3 is 5.97 Å². The minimum absolute atomic E-state index is 0.121. The molecular formula is C11H17N3O2S. The summed E-state index contributed by atoms with van der Waals surface area (Å²) in [5.41, 5.74) is 0.121. The molecule has 17 heavy (non-hydrogen) atoms. The summed E-state index contributed by atoms with van der Waals surface area (Å²) >= 11 is 1.34. The normalized spacial score (nSPS) is 16.9. The third-order valence-corrected chi connectivity index (χ3v) is 3.68. The van der Waals surface area contributed by atoms with E-state index >= 15 is 0 Å². The van der Waals surface area contributed by atoms with Gasteiger partial charge in [0.15, 0.2) is 10.8 Å². The molecule has 0 amide bonds. The van der Waals surface area contributed by atoms with Crippen LogP contribution in [0.3, 0.4) is 0 Å². The van der Waals surface area contributed by atoms with Crippen LogP contribution in [0, 0.1) is 0 Å². The number of carboxylic acid groups (broad SMARTS) is 1. The summed E-state index contributed by atoms with van der Waals surface area (Å²) in [6.45, 7) is 4.19. The summed E-state index contributed by atoms with van der Waals surface area (Å²) in [7, 11) is 0. The van der Waals surface area contributed by atoms with E-state index in [0.717, 1.165) is 13.1 Å². The first-order chi connectivity index (χ1) is 8.25. The molecule has 94 valence electrons. The standard InChI is InChI=1S/C11H17N3O2S/c15-10(16)9-8-17-11(13-9)12-4-7-14-5-2-1-3-6-14/h8H,1-7H2,(H,12,13)(H,15,16). The maximum Gasteiger partial charge on any atom is 0.355 e. The Labute approximate surface area is 104 Å². The molecule has 2 N–H and O–H groups in total. The molecule has 6 heteroatoms. The number of aromatic nitrogens is 1. The van der Waals surface area contributed by atoms with Crippen LogP contribution < -0.4 is 5.32 Å². The Hall–Kier alpha value is -1.14. The summed E-state index contributed by atoms with van der Waals surface area (Å²) in [4.78, 5) is 17.1. The van der Waals surface area contributed by atoms with Gasteiger partial charge in [0.25, 0.3) is 0 Å². The highest BCUT2D eigenvalue weighted by Crippen LogP contribution is 2.15. The molecule has 2 heterocycles. The Balaban J connectivity index is 1.71. The molecule has 1 aliphatic heterocycles. The van der Waals surface area contributed by atoms with Crippen LogP contribution in [-0.2, 0) is 0 Å². The Kier molecular flexibility index (Phi) is 4.33. The molecule has 2 rings (SSSR count). The number of thiazole rings is 1. The zero-order valence-corrected chi connectivity index (χ0v) is 10.5. The second-order valence-electron chi connectivity index (χ2n) is 4.17. The van der Waals surface area contributed by atoms with Crippen molar-refractivity contribution < 1.29 is 9.90 Å². The first-order valence-electron chi connectivity index (χ1n) is 5.91. The molecule has 1 fully saturated rings. The lowest BCUT2D eigenvalue weighted by Crippen LogP contribution is -2.33. The summed E-state index contributed by atoms with van der Waals surface area (Å²) in [6, 6.07) is 0. The number of piperidine rings is 1. The van der Waals surface area contributed by atoms with Crippen LogP contribution >= 0.6 is 11.3 Å². The van der Waals surface area contributed by atoms with Crippen molar-refractivity contribution in [1.29, 1.82) is 0 Å². The number of carboxylic acids is 1. The quantitative estimate of drug-likeness (QED) is 0.839.